The molecule has 5 heteroatoms. The van der Waals surface area contributed by atoms with Crippen molar-refractivity contribution in [3.63, 3.8) is 0 Å². The maximum Gasteiger partial charge on any atom is 0.258 e. The monoisotopic (exact) mass is 449 g/mol. The van der Waals surface area contributed by atoms with Crippen LogP contribution in [0.3, 0.4) is 0 Å². The Morgan fingerprint density at radius 2 is 1.76 bits per heavy atom. The van der Waals surface area contributed by atoms with Crippen LogP contribution in [0, 0.1) is 6.92 Å². The van der Waals surface area contributed by atoms with E-state index in [4.69, 9.17) is 9.84 Å². The molecule has 1 heterocycles. The summed E-state index contributed by atoms with van der Waals surface area (Å²) in [5.74, 6) is -0.507. The van der Waals surface area contributed by atoms with E-state index in [0.717, 1.165) is 66.8 Å². The summed E-state index contributed by atoms with van der Waals surface area (Å²) < 4.78 is 7.86. The predicted molar refractivity (Wildman–Crippen MR) is 134 cm³/mol. The number of rotatable bonds is 8. The van der Waals surface area contributed by atoms with Gasteiger partial charge in [-0.3, -0.25) is 4.79 Å². The van der Waals surface area contributed by atoms with E-state index in [1.807, 2.05) is 19.1 Å². The summed E-state index contributed by atoms with van der Waals surface area (Å²) in [5, 5.41) is 8.56. The van der Waals surface area contributed by atoms with Gasteiger partial charge in [-0.1, -0.05) is 55.8 Å². The van der Waals surface area contributed by atoms with E-state index in [0.29, 0.717) is 12.0 Å². The molecule has 1 saturated carbocycles. The van der Waals surface area contributed by atoms with Gasteiger partial charge in [0.05, 0.1) is 18.1 Å². The summed E-state index contributed by atoms with van der Waals surface area (Å²) in [6, 6.07) is 14.3. The second-order valence-electron chi connectivity index (χ2n) is 8.81. The van der Waals surface area contributed by atoms with Gasteiger partial charge in [-0.05, 0) is 55.2 Å². The fraction of sp³-hybridized carbons (Fsp3) is 0.429. The number of aryl methyl sites for hydroxylation is 2. The largest absolute Gasteiger partial charge is 0.400 e. The van der Waals surface area contributed by atoms with Crippen molar-refractivity contribution >= 4 is 17.1 Å². The van der Waals surface area contributed by atoms with Crippen molar-refractivity contribution in [3.05, 3.63) is 69.6 Å². The number of carbonyl (C=O) groups excluding carboxylic acids is 1. The minimum atomic E-state index is -0.507. The lowest BCUT2D eigenvalue weighted by molar-refractivity contribution is -0.111. The highest BCUT2D eigenvalue weighted by Crippen LogP contribution is 2.43. The molecule has 5 nitrogen and oxygen atoms in total. The molecular weight excluding hydrogens is 414 g/mol. The molecule has 1 aliphatic rings. The molecule has 1 fully saturated rings. The highest BCUT2D eigenvalue weighted by molar-refractivity contribution is 5.98. The molecule has 0 amide bonds. The van der Waals surface area contributed by atoms with Crippen molar-refractivity contribution in [1.29, 1.82) is 0 Å². The molecular formula is C28H35NO4. The number of aliphatic hydroxyl groups excluding tert-OH is 1. The Labute approximate surface area is 196 Å². The Bertz CT molecular complexity index is 1170. The van der Waals surface area contributed by atoms with E-state index < -0.39 is 5.92 Å². The number of aliphatic hydroxyl groups is 1. The number of aldehydes is 1. The summed E-state index contributed by atoms with van der Waals surface area (Å²) in [6.07, 6.45) is 4.92. The smallest absolute Gasteiger partial charge is 0.258 e. The average Bonchev–Trinajstić information content (AvgIpc) is 3.64. The summed E-state index contributed by atoms with van der Waals surface area (Å²) in [6.45, 7) is 6.58. The van der Waals surface area contributed by atoms with Crippen LogP contribution in [0.4, 0.5) is 0 Å². The lowest BCUT2D eigenvalue weighted by Gasteiger charge is -2.24. The molecule has 33 heavy (non-hydrogen) atoms. The Kier molecular flexibility index (Phi) is 7.88. The van der Waals surface area contributed by atoms with Crippen molar-refractivity contribution in [2.75, 3.05) is 13.7 Å². The first-order chi connectivity index (χ1) is 15.9. The average molecular weight is 450 g/mol. The summed E-state index contributed by atoms with van der Waals surface area (Å²) >= 11 is 0. The second-order valence-corrected chi connectivity index (χ2v) is 8.81. The molecule has 1 aromatic heterocycles. The quantitative estimate of drug-likeness (QED) is 0.495. The molecule has 0 saturated heterocycles. The zero-order valence-electron chi connectivity index (χ0n) is 20.4. The van der Waals surface area contributed by atoms with Gasteiger partial charge in [-0.25, -0.2) is 0 Å². The van der Waals surface area contributed by atoms with Gasteiger partial charge >= 0.3 is 0 Å². The zero-order chi connectivity index (χ0) is 24.2. The fourth-order valence-corrected chi connectivity index (χ4v) is 4.48. The Balaban J connectivity index is 0.00000149. The number of fused-ring (bicyclic) bond motifs is 1. The molecule has 1 N–H and O–H groups in total. The summed E-state index contributed by atoms with van der Waals surface area (Å²) in [4.78, 5) is 25.5. The molecule has 4 rings (SSSR count). The molecule has 0 bridgehead atoms. The number of ether oxygens (including phenoxy) is 1. The van der Waals surface area contributed by atoms with Crippen molar-refractivity contribution in [2.45, 2.75) is 58.0 Å². The van der Waals surface area contributed by atoms with Gasteiger partial charge in [0, 0.05) is 30.8 Å². The number of hydrogen-bond donors (Lipinski definition) is 1. The SMILES string of the molecule is CCc1ccc(-c2c(C(C=O)COC3(CC)CC3)n(C)c(=O)c3ccc(C)cc23)cc1.CO. The number of nitrogens with zero attached hydrogens (tertiary/aromatic N) is 1. The topological polar surface area (TPSA) is 68.5 Å². The van der Waals surface area contributed by atoms with Crippen molar-refractivity contribution in [2.24, 2.45) is 7.05 Å². The third kappa shape index (κ3) is 4.94. The maximum atomic E-state index is 13.2. The molecule has 0 aliphatic heterocycles. The van der Waals surface area contributed by atoms with Crippen molar-refractivity contribution < 1.29 is 14.6 Å². The van der Waals surface area contributed by atoms with Crippen LogP contribution < -0.4 is 5.56 Å². The lowest BCUT2D eigenvalue weighted by atomic mass is 9.90. The lowest BCUT2D eigenvalue weighted by Crippen LogP contribution is -2.27. The number of benzene rings is 2. The van der Waals surface area contributed by atoms with Gasteiger partial charge in [0.2, 0.25) is 0 Å². The van der Waals surface area contributed by atoms with Gasteiger partial charge in [0.1, 0.15) is 6.29 Å². The Morgan fingerprint density at radius 1 is 1.09 bits per heavy atom. The normalized spacial score (nSPS) is 15.0. The minimum Gasteiger partial charge on any atom is -0.400 e. The van der Waals surface area contributed by atoms with Crippen LogP contribution in [0.1, 0.15) is 55.8 Å². The molecule has 0 radical (unpaired) electrons. The van der Waals surface area contributed by atoms with Gasteiger partial charge in [0.15, 0.2) is 0 Å². The standard InChI is InChI=1S/C27H31NO3.CH4O/c1-5-19-8-10-20(11-9-19)24-23-15-18(3)7-12-22(23)26(30)28(4)25(24)21(16-29)17-31-27(6-2)13-14-27;1-2/h7-12,15-16,21H,5-6,13-14,17H2,1-4H3;2H,1H3. The van der Waals surface area contributed by atoms with Crippen molar-refractivity contribution in [1.82, 2.24) is 4.57 Å². The highest BCUT2D eigenvalue weighted by Gasteiger charge is 2.42. The van der Waals surface area contributed by atoms with Crippen LogP contribution in [-0.2, 0) is 23.0 Å². The van der Waals surface area contributed by atoms with E-state index in [1.165, 1.54) is 5.56 Å². The third-order valence-electron chi connectivity index (χ3n) is 6.78. The van der Waals surface area contributed by atoms with Gasteiger partial charge in [-0.2, -0.15) is 0 Å². The highest BCUT2D eigenvalue weighted by atomic mass is 16.5. The molecule has 176 valence electrons. The van der Waals surface area contributed by atoms with E-state index in [9.17, 15) is 9.59 Å². The Morgan fingerprint density at radius 3 is 2.30 bits per heavy atom. The number of aromatic nitrogens is 1. The number of hydrogen-bond acceptors (Lipinski definition) is 4. The maximum absolute atomic E-state index is 13.2. The van der Waals surface area contributed by atoms with Crippen LogP contribution in [0.5, 0.6) is 0 Å². The first-order valence-electron chi connectivity index (χ1n) is 11.7. The third-order valence-corrected chi connectivity index (χ3v) is 6.78. The molecule has 1 aliphatic carbocycles. The first-order valence-corrected chi connectivity index (χ1v) is 11.7. The molecule has 1 atom stereocenters. The van der Waals surface area contributed by atoms with Gasteiger partial charge < -0.3 is 19.2 Å². The van der Waals surface area contributed by atoms with Crippen LogP contribution in [0.2, 0.25) is 0 Å². The zero-order valence-corrected chi connectivity index (χ0v) is 20.4. The minimum absolute atomic E-state index is 0.0811. The van der Waals surface area contributed by atoms with E-state index in [1.54, 1.807) is 11.6 Å². The van der Waals surface area contributed by atoms with Crippen LogP contribution in [-0.4, -0.2) is 35.3 Å². The van der Waals surface area contributed by atoms with Gasteiger partial charge in [0.25, 0.3) is 5.56 Å². The van der Waals surface area contributed by atoms with E-state index >= 15 is 0 Å². The predicted octanol–water partition coefficient (Wildman–Crippen LogP) is 4.93. The van der Waals surface area contributed by atoms with Crippen LogP contribution in [0.25, 0.3) is 21.9 Å². The number of pyridine rings is 1. The van der Waals surface area contributed by atoms with Crippen LogP contribution in [0.15, 0.2) is 47.3 Å². The van der Waals surface area contributed by atoms with Crippen molar-refractivity contribution in [3.8, 4) is 11.1 Å². The summed E-state index contributed by atoms with van der Waals surface area (Å²) in [5.41, 5.74) is 4.87. The Hall–Kier alpha value is -2.76. The fourth-order valence-electron chi connectivity index (χ4n) is 4.48. The molecule has 2 aromatic carbocycles. The summed E-state index contributed by atoms with van der Waals surface area (Å²) in [7, 11) is 2.77. The van der Waals surface area contributed by atoms with Gasteiger partial charge in [-0.15, -0.1) is 0 Å². The molecule has 3 aromatic rings. The van der Waals surface area contributed by atoms with E-state index in [-0.39, 0.29) is 11.2 Å². The molecule has 1 unspecified atom stereocenters. The van der Waals surface area contributed by atoms with E-state index in [2.05, 4.69) is 44.2 Å². The first kappa shape index (κ1) is 24.9. The second kappa shape index (κ2) is 10.4. The van der Waals surface area contributed by atoms with Crippen LogP contribution >= 0.6 is 0 Å². The number of carbonyl (C=O) groups is 1. The molecule has 0 spiro atoms.